The van der Waals surface area contributed by atoms with Crippen LogP contribution >= 0.6 is 0 Å². The molecule has 7 nitrogen and oxygen atoms in total. The molecule has 33 heavy (non-hydrogen) atoms. The van der Waals surface area contributed by atoms with Gasteiger partial charge in [0.05, 0.1) is 7.11 Å². The molecule has 0 aromatic heterocycles. The van der Waals surface area contributed by atoms with E-state index in [4.69, 9.17) is 15.2 Å². The predicted molar refractivity (Wildman–Crippen MR) is 121 cm³/mol. The number of ether oxygens (including phenoxy) is 2. The van der Waals surface area contributed by atoms with Gasteiger partial charge in [-0.25, -0.2) is 4.39 Å². The van der Waals surface area contributed by atoms with Crippen LogP contribution in [0.15, 0.2) is 42.5 Å². The van der Waals surface area contributed by atoms with E-state index in [1.807, 2.05) is 20.8 Å². The van der Waals surface area contributed by atoms with Crippen LogP contribution in [0.2, 0.25) is 0 Å². The number of halogens is 1. The first-order valence-corrected chi connectivity index (χ1v) is 10.9. The lowest BCUT2D eigenvalue weighted by molar-refractivity contribution is -0.954. The van der Waals surface area contributed by atoms with Gasteiger partial charge in [-0.3, -0.25) is 4.79 Å². The molecule has 1 fully saturated rings. The molecule has 1 saturated heterocycles. The summed E-state index contributed by atoms with van der Waals surface area (Å²) >= 11 is 0. The average molecular weight is 460 g/mol. The van der Waals surface area contributed by atoms with Gasteiger partial charge in [-0.05, 0) is 45.0 Å². The van der Waals surface area contributed by atoms with Crippen LogP contribution in [0.3, 0.4) is 0 Å². The van der Waals surface area contributed by atoms with Crippen molar-refractivity contribution in [1.82, 2.24) is 0 Å². The third-order valence-electron chi connectivity index (χ3n) is 6.95. The summed E-state index contributed by atoms with van der Waals surface area (Å²) in [5.41, 5.74) is 4.77. The van der Waals surface area contributed by atoms with Gasteiger partial charge in [-0.1, -0.05) is 18.2 Å². The van der Waals surface area contributed by atoms with E-state index in [1.54, 1.807) is 43.3 Å². The average Bonchev–Trinajstić information content (AvgIpc) is 3.08. The molecule has 3 rings (SSSR count). The molecule has 3 atom stereocenters. The van der Waals surface area contributed by atoms with Crippen molar-refractivity contribution >= 4 is 12.0 Å². The highest BCUT2D eigenvalue weighted by molar-refractivity contribution is 5.85. The van der Waals surface area contributed by atoms with Gasteiger partial charge in [0, 0.05) is 30.9 Å². The number of hydrogen-bond donors (Lipinski definition) is 2. The second kappa shape index (κ2) is 8.67. The van der Waals surface area contributed by atoms with Crippen LogP contribution < -0.4 is 15.2 Å². The van der Waals surface area contributed by atoms with E-state index in [0.717, 1.165) is 0 Å². The van der Waals surface area contributed by atoms with Gasteiger partial charge in [0.15, 0.2) is 17.0 Å². The summed E-state index contributed by atoms with van der Waals surface area (Å²) < 4.78 is 24.7. The highest BCUT2D eigenvalue weighted by atomic mass is 19.1. The first-order chi connectivity index (χ1) is 15.4. The smallest absolute Gasteiger partial charge is 0.493 e. The van der Waals surface area contributed by atoms with E-state index in [0.29, 0.717) is 35.5 Å². The standard InChI is InChI=1S/C25H31FN2O5/c1-24(2,3)28(23(30)31)19(12-13-25(28,4)22(27)29)16-10-11-20(21(14-16)32-5)33-15-17-8-6-7-9-18(17)26/h6-11,14,19H,12-13,15H2,1-5H3,(H2-,27,29,30,31)/p+1/t19-,25+,28?/m1/s1. The molecule has 3 N–H and O–H groups in total. The molecular formula is C25H32FN2O5+. The molecule has 2 aromatic carbocycles. The molecule has 1 heterocycles. The van der Waals surface area contributed by atoms with Gasteiger partial charge >= 0.3 is 6.09 Å². The van der Waals surface area contributed by atoms with Gasteiger partial charge in [-0.15, -0.1) is 0 Å². The first-order valence-electron chi connectivity index (χ1n) is 10.9. The van der Waals surface area contributed by atoms with E-state index in [1.165, 1.54) is 13.2 Å². The fourth-order valence-electron chi connectivity index (χ4n) is 5.44. The van der Waals surface area contributed by atoms with Crippen molar-refractivity contribution in [1.29, 1.82) is 0 Å². The Kier molecular flexibility index (Phi) is 6.44. The minimum absolute atomic E-state index is 0.0165. The predicted octanol–water partition coefficient (Wildman–Crippen LogP) is 4.79. The molecule has 1 aliphatic heterocycles. The number of hydrogen-bond acceptors (Lipinski definition) is 4. The molecule has 8 heteroatoms. The summed E-state index contributed by atoms with van der Waals surface area (Å²) in [4.78, 5) is 25.4. The maximum absolute atomic E-state index is 13.9. The van der Waals surface area contributed by atoms with Crippen molar-refractivity contribution < 1.29 is 33.0 Å². The van der Waals surface area contributed by atoms with Crippen molar-refractivity contribution in [2.45, 2.75) is 64.3 Å². The molecule has 2 aromatic rings. The van der Waals surface area contributed by atoms with Crippen LogP contribution in [-0.2, 0) is 11.4 Å². The van der Waals surface area contributed by atoms with Crippen LogP contribution in [0.25, 0.3) is 0 Å². The van der Waals surface area contributed by atoms with Gasteiger partial charge in [-0.2, -0.15) is 9.28 Å². The van der Waals surface area contributed by atoms with E-state index < -0.39 is 33.6 Å². The number of primary amides is 1. The fraction of sp³-hybridized carbons (Fsp3) is 0.440. The number of nitrogens with zero attached hydrogens (tertiary/aromatic N) is 1. The van der Waals surface area contributed by atoms with Gasteiger partial charge in [0.1, 0.15) is 24.0 Å². The van der Waals surface area contributed by atoms with Crippen LogP contribution in [0.1, 0.15) is 57.7 Å². The second-order valence-corrected chi connectivity index (χ2v) is 9.66. The first kappa shape index (κ1) is 24.5. The fourth-order valence-corrected chi connectivity index (χ4v) is 5.44. The van der Waals surface area contributed by atoms with Crippen LogP contribution in [-0.4, -0.2) is 39.8 Å². The number of benzene rings is 2. The van der Waals surface area contributed by atoms with Crippen molar-refractivity contribution in [3.05, 3.63) is 59.4 Å². The van der Waals surface area contributed by atoms with Crippen molar-refractivity contribution in [2.24, 2.45) is 5.73 Å². The third kappa shape index (κ3) is 3.82. The van der Waals surface area contributed by atoms with E-state index >= 15 is 0 Å². The summed E-state index contributed by atoms with van der Waals surface area (Å²) in [5, 5.41) is 10.5. The topological polar surface area (TPSA) is 98.9 Å². The molecule has 0 spiro atoms. The zero-order chi connectivity index (χ0) is 24.6. The Morgan fingerprint density at radius 2 is 1.88 bits per heavy atom. The zero-order valence-electron chi connectivity index (χ0n) is 19.7. The third-order valence-corrected chi connectivity index (χ3v) is 6.95. The number of amides is 2. The number of carbonyl (C=O) groups excluding carboxylic acids is 1. The van der Waals surface area contributed by atoms with Crippen LogP contribution in [0.4, 0.5) is 9.18 Å². The van der Waals surface area contributed by atoms with Crippen LogP contribution in [0.5, 0.6) is 11.5 Å². The molecule has 0 radical (unpaired) electrons. The maximum atomic E-state index is 13.9. The quantitative estimate of drug-likeness (QED) is 0.606. The Balaban J connectivity index is 2.03. The number of carboxylic acid groups (broad SMARTS) is 1. The van der Waals surface area contributed by atoms with E-state index in [-0.39, 0.29) is 12.4 Å². The summed E-state index contributed by atoms with van der Waals surface area (Å²) in [7, 11) is 1.49. The number of quaternary nitrogens is 1. The number of methoxy groups -OCH3 is 1. The minimum atomic E-state index is -1.29. The normalized spacial score (nSPS) is 25.0. The van der Waals surface area contributed by atoms with Gasteiger partial charge in [0.25, 0.3) is 5.91 Å². The molecule has 0 saturated carbocycles. The number of rotatable bonds is 6. The lowest BCUT2D eigenvalue weighted by atomic mass is 9.87. The van der Waals surface area contributed by atoms with Crippen LogP contribution in [0, 0.1) is 5.82 Å². The Morgan fingerprint density at radius 3 is 2.42 bits per heavy atom. The second-order valence-electron chi connectivity index (χ2n) is 9.66. The molecule has 2 amide bonds. The largest absolute Gasteiger partial charge is 0.515 e. The Morgan fingerprint density at radius 1 is 1.21 bits per heavy atom. The SMILES string of the molecule is COc1cc([C@H]2CC[C@@](C)(C(N)=O)[N+]2(C(=O)O)C(C)(C)C)ccc1OCc1ccccc1F. The van der Waals surface area contributed by atoms with Crippen molar-refractivity contribution in [3.8, 4) is 11.5 Å². The Labute approximate surface area is 193 Å². The van der Waals surface area contributed by atoms with Crippen molar-refractivity contribution in [3.63, 3.8) is 0 Å². The van der Waals surface area contributed by atoms with E-state index in [2.05, 4.69) is 0 Å². The number of nitrogens with two attached hydrogens (primary N) is 1. The summed E-state index contributed by atoms with van der Waals surface area (Å²) in [6.07, 6.45) is -0.309. The molecule has 0 aliphatic carbocycles. The molecule has 1 unspecified atom stereocenters. The van der Waals surface area contributed by atoms with Gasteiger partial charge in [0.2, 0.25) is 0 Å². The molecule has 1 aliphatic rings. The maximum Gasteiger partial charge on any atom is 0.515 e. The Hall–Kier alpha value is -3.13. The Bertz CT molecular complexity index is 1070. The molecule has 0 bridgehead atoms. The summed E-state index contributed by atoms with van der Waals surface area (Å²) in [6.45, 7) is 7.08. The van der Waals surface area contributed by atoms with E-state index in [9.17, 15) is 19.1 Å². The molecule has 178 valence electrons. The summed E-state index contributed by atoms with van der Waals surface area (Å²) in [6, 6.07) is 11.0. The highest BCUT2D eigenvalue weighted by Crippen LogP contribution is 2.55. The summed E-state index contributed by atoms with van der Waals surface area (Å²) in [5.74, 6) is -0.198. The number of likely N-dealkylation sites (tertiary alicyclic amines) is 1. The lowest BCUT2D eigenvalue weighted by Crippen LogP contribution is -2.74. The number of carbonyl (C=O) groups is 2. The lowest BCUT2D eigenvalue weighted by Gasteiger charge is -2.52. The van der Waals surface area contributed by atoms with Crippen molar-refractivity contribution in [2.75, 3.05) is 7.11 Å². The monoisotopic (exact) mass is 459 g/mol. The highest BCUT2D eigenvalue weighted by Gasteiger charge is 2.71. The zero-order valence-corrected chi connectivity index (χ0v) is 19.7. The minimum Gasteiger partial charge on any atom is -0.493 e. The van der Waals surface area contributed by atoms with Gasteiger partial charge < -0.3 is 20.3 Å². The molecular weight excluding hydrogens is 427 g/mol.